The fourth-order valence-corrected chi connectivity index (χ4v) is 2.69. The quantitative estimate of drug-likeness (QED) is 0.618. The Morgan fingerprint density at radius 3 is 2.60 bits per heavy atom. The fourth-order valence-electron chi connectivity index (χ4n) is 2.69. The molecule has 0 aliphatic carbocycles. The zero-order valence-electron chi connectivity index (χ0n) is 14.0. The molecule has 0 spiro atoms. The molecule has 1 saturated heterocycles. The summed E-state index contributed by atoms with van der Waals surface area (Å²) in [4.78, 5) is 4.92. The van der Waals surface area contributed by atoms with Crippen molar-refractivity contribution >= 4 is 0 Å². The van der Waals surface area contributed by atoms with Crippen LogP contribution in [0.3, 0.4) is 0 Å². The topological polar surface area (TPSA) is 27.7 Å². The Bertz CT molecular complexity index is 228. The summed E-state index contributed by atoms with van der Waals surface area (Å²) in [7, 11) is 4.48. The molecular formula is C16H35N3O. The van der Waals surface area contributed by atoms with E-state index < -0.39 is 0 Å². The first-order valence-electron chi connectivity index (χ1n) is 8.27. The van der Waals surface area contributed by atoms with Crippen LogP contribution in [-0.4, -0.2) is 75.9 Å². The van der Waals surface area contributed by atoms with Gasteiger partial charge in [-0.3, -0.25) is 0 Å². The van der Waals surface area contributed by atoms with Crippen LogP contribution in [0.1, 0.15) is 33.1 Å². The largest absolute Gasteiger partial charge is 0.379 e. The highest BCUT2D eigenvalue weighted by Crippen LogP contribution is 2.16. The SMILES string of the molecule is CC(C)OCCCNCCN(C)CC1CCN(C)CC1. The van der Waals surface area contributed by atoms with Crippen LogP contribution in [0.4, 0.5) is 0 Å². The lowest BCUT2D eigenvalue weighted by molar-refractivity contribution is 0.0770. The monoisotopic (exact) mass is 285 g/mol. The average Bonchev–Trinajstić information content (AvgIpc) is 2.40. The lowest BCUT2D eigenvalue weighted by Crippen LogP contribution is -2.38. The van der Waals surface area contributed by atoms with Gasteiger partial charge in [-0.25, -0.2) is 0 Å². The molecule has 4 nitrogen and oxygen atoms in total. The van der Waals surface area contributed by atoms with Crippen molar-refractivity contribution in [3.63, 3.8) is 0 Å². The third-order valence-electron chi connectivity index (χ3n) is 4.03. The smallest absolute Gasteiger partial charge is 0.0518 e. The zero-order valence-corrected chi connectivity index (χ0v) is 14.0. The first kappa shape index (κ1) is 17.9. The third kappa shape index (κ3) is 8.90. The molecule has 1 rings (SSSR count). The maximum Gasteiger partial charge on any atom is 0.0518 e. The van der Waals surface area contributed by atoms with Gasteiger partial charge in [0.2, 0.25) is 0 Å². The number of rotatable bonds is 10. The summed E-state index contributed by atoms with van der Waals surface area (Å²) in [5.41, 5.74) is 0. The Hall–Kier alpha value is -0.160. The molecular weight excluding hydrogens is 250 g/mol. The second kappa shape index (κ2) is 10.6. The van der Waals surface area contributed by atoms with Gasteiger partial charge in [0.05, 0.1) is 6.10 Å². The number of nitrogens with zero attached hydrogens (tertiary/aromatic N) is 2. The van der Waals surface area contributed by atoms with E-state index in [1.54, 1.807) is 0 Å². The van der Waals surface area contributed by atoms with E-state index in [1.807, 2.05) is 0 Å². The maximum atomic E-state index is 5.52. The van der Waals surface area contributed by atoms with Gasteiger partial charge in [-0.15, -0.1) is 0 Å². The van der Waals surface area contributed by atoms with Gasteiger partial charge in [0.15, 0.2) is 0 Å². The van der Waals surface area contributed by atoms with Gasteiger partial charge < -0.3 is 19.9 Å². The van der Waals surface area contributed by atoms with Crippen LogP contribution < -0.4 is 5.32 Å². The van der Waals surface area contributed by atoms with Gasteiger partial charge in [-0.05, 0) is 72.8 Å². The Balaban J connectivity index is 1.91. The van der Waals surface area contributed by atoms with Crippen LogP contribution in [0.25, 0.3) is 0 Å². The molecule has 0 aromatic carbocycles. The Morgan fingerprint density at radius 1 is 1.25 bits per heavy atom. The van der Waals surface area contributed by atoms with Crippen molar-refractivity contribution in [3.05, 3.63) is 0 Å². The van der Waals surface area contributed by atoms with Crippen molar-refractivity contribution in [2.45, 2.75) is 39.2 Å². The first-order chi connectivity index (χ1) is 9.58. The third-order valence-corrected chi connectivity index (χ3v) is 4.03. The summed E-state index contributed by atoms with van der Waals surface area (Å²) >= 11 is 0. The molecule has 4 heteroatoms. The van der Waals surface area contributed by atoms with Crippen LogP contribution in [0, 0.1) is 5.92 Å². The van der Waals surface area contributed by atoms with Gasteiger partial charge in [-0.1, -0.05) is 0 Å². The molecule has 1 N–H and O–H groups in total. The van der Waals surface area contributed by atoms with Gasteiger partial charge in [0.25, 0.3) is 0 Å². The Kier molecular flexibility index (Phi) is 9.44. The maximum absolute atomic E-state index is 5.52. The number of ether oxygens (including phenoxy) is 1. The lowest BCUT2D eigenvalue weighted by Gasteiger charge is -2.31. The zero-order chi connectivity index (χ0) is 14.8. The molecule has 0 amide bonds. The fraction of sp³-hybridized carbons (Fsp3) is 1.00. The number of piperidine rings is 1. The highest BCUT2D eigenvalue weighted by molar-refractivity contribution is 4.72. The molecule has 20 heavy (non-hydrogen) atoms. The molecule has 0 atom stereocenters. The lowest BCUT2D eigenvalue weighted by atomic mass is 9.97. The molecule has 0 radical (unpaired) electrons. The summed E-state index contributed by atoms with van der Waals surface area (Å²) in [6.07, 6.45) is 4.19. The van der Waals surface area contributed by atoms with Crippen LogP contribution in [0.15, 0.2) is 0 Å². The Morgan fingerprint density at radius 2 is 1.95 bits per heavy atom. The van der Waals surface area contributed by atoms with Crippen LogP contribution >= 0.6 is 0 Å². The minimum Gasteiger partial charge on any atom is -0.379 e. The van der Waals surface area contributed by atoms with E-state index in [0.717, 1.165) is 38.6 Å². The first-order valence-corrected chi connectivity index (χ1v) is 8.27. The highest BCUT2D eigenvalue weighted by atomic mass is 16.5. The van der Waals surface area contributed by atoms with Crippen LogP contribution in [0.5, 0.6) is 0 Å². The summed E-state index contributed by atoms with van der Waals surface area (Å²) in [6, 6.07) is 0. The number of likely N-dealkylation sites (tertiary alicyclic amines) is 1. The van der Waals surface area contributed by atoms with E-state index in [2.05, 4.69) is 43.1 Å². The minimum absolute atomic E-state index is 0.357. The van der Waals surface area contributed by atoms with Gasteiger partial charge in [0, 0.05) is 26.2 Å². The van der Waals surface area contributed by atoms with E-state index >= 15 is 0 Å². The molecule has 0 aromatic heterocycles. The van der Waals surface area contributed by atoms with Crippen molar-refractivity contribution in [2.75, 3.05) is 60.0 Å². The van der Waals surface area contributed by atoms with Crippen molar-refractivity contribution in [3.8, 4) is 0 Å². The second-order valence-corrected chi connectivity index (χ2v) is 6.53. The second-order valence-electron chi connectivity index (χ2n) is 6.53. The Labute approximate surface area is 125 Å². The molecule has 1 aliphatic heterocycles. The average molecular weight is 285 g/mol. The minimum atomic E-state index is 0.357. The van der Waals surface area contributed by atoms with E-state index in [-0.39, 0.29) is 0 Å². The number of hydrogen-bond acceptors (Lipinski definition) is 4. The standard InChI is InChI=1S/C16H35N3O/c1-15(2)20-13-5-8-17-9-12-19(4)14-16-6-10-18(3)11-7-16/h15-17H,5-14H2,1-4H3. The summed E-state index contributed by atoms with van der Waals surface area (Å²) in [5.74, 6) is 0.899. The van der Waals surface area contributed by atoms with E-state index in [1.165, 1.54) is 32.5 Å². The van der Waals surface area contributed by atoms with Gasteiger partial charge >= 0.3 is 0 Å². The predicted octanol–water partition coefficient (Wildman–Crippen LogP) is 1.66. The van der Waals surface area contributed by atoms with Crippen LogP contribution in [0.2, 0.25) is 0 Å². The van der Waals surface area contributed by atoms with Crippen molar-refractivity contribution in [2.24, 2.45) is 5.92 Å². The van der Waals surface area contributed by atoms with Crippen LogP contribution in [-0.2, 0) is 4.74 Å². The molecule has 1 heterocycles. The van der Waals surface area contributed by atoms with E-state index in [0.29, 0.717) is 6.10 Å². The summed E-state index contributed by atoms with van der Waals surface area (Å²) in [5, 5.41) is 3.50. The summed E-state index contributed by atoms with van der Waals surface area (Å²) in [6.45, 7) is 12.1. The van der Waals surface area contributed by atoms with Gasteiger partial charge in [0.1, 0.15) is 0 Å². The van der Waals surface area contributed by atoms with Gasteiger partial charge in [-0.2, -0.15) is 0 Å². The molecule has 0 unspecified atom stereocenters. The van der Waals surface area contributed by atoms with Crippen molar-refractivity contribution < 1.29 is 4.74 Å². The molecule has 0 saturated carbocycles. The normalized spacial score (nSPS) is 18.3. The molecule has 120 valence electrons. The number of nitrogens with one attached hydrogen (secondary N) is 1. The molecule has 1 aliphatic rings. The van der Waals surface area contributed by atoms with Crippen molar-refractivity contribution in [1.82, 2.24) is 15.1 Å². The number of hydrogen-bond donors (Lipinski definition) is 1. The highest BCUT2D eigenvalue weighted by Gasteiger charge is 2.17. The van der Waals surface area contributed by atoms with E-state index in [9.17, 15) is 0 Å². The molecule has 0 aromatic rings. The molecule has 0 bridgehead atoms. The van der Waals surface area contributed by atoms with E-state index in [4.69, 9.17) is 4.74 Å². The number of likely N-dealkylation sites (N-methyl/N-ethyl adjacent to an activating group) is 1. The van der Waals surface area contributed by atoms with Crippen molar-refractivity contribution in [1.29, 1.82) is 0 Å². The predicted molar refractivity (Wildman–Crippen MR) is 86.3 cm³/mol. The summed E-state index contributed by atoms with van der Waals surface area (Å²) < 4.78 is 5.52. The molecule has 1 fully saturated rings.